The molecule has 5 fully saturated rings. The number of carbonyl (C=O) groups is 3. The summed E-state index contributed by atoms with van der Waals surface area (Å²) in [7, 11) is 1.31. The molecule has 10 atom stereocenters. The minimum Gasteiger partial charge on any atom is -0.469 e. The van der Waals surface area contributed by atoms with E-state index in [2.05, 4.69) is 13.8 Å². The lowest BCUT2D eigenvalue weighted by Crippen LogP contribution is -2.66. The number of fused-ring (bicyclic) bond motifs is 4. The lowest BCUT2D eigenvalue weighted by Gasteiger charge is -2.59. The Balaban J connectivity index is 1.51. The molecule has 0 radical (unpaired) electrons. The Hall–Kier alpha value is -1.77. The molecule has 6 aliphatic rings. The van der Waals surface area contributed by atoms with Crippen molar-refractivity contribution in [3.05, 3.63) is 11.6 Å². The maximum absolute atomic E-state index is 13.1. The van der Waals surface area contributed by atoms with Crippen LogP contribution in [0.1, 0.15) is 52.4 Å². The molecule has 2 heterocycles. The highest BCUT2D eigenvalue weighted by Crippen LogP contribution is 2.78. The standard InChI is InChI=1S/C24H30O8/c1-21-6-4-11(25)8-13(21)18(27)16(20(29)30-3)17-12-5-7-23(9-14(26)19(28)32-23)22(12,2)10-15-24(17,21)31-15/h8,12,14-18,26-27H,4-7,9-10H2,1-3H3/t12?,14?,15-,16?,17?,18+,21+,22+,23-,24-/m1/s1. The molecule has 8 heteroatoms. The van der Waals surface area contributed by atoms with Gasteiger partial charge in [0, 0.05) is 29.6 Å². The van der Waals surface area contributed by atoms with Gasteiger partial charge in [0.15, 0.2) is 11.9 Å². The number of hydrogen-bond acceptors (Lipinski definition) is 8. The van der Waals surface area contributed by atoms with Crippen molar-refractivity contribution in [2.75, 3.05) is 7.11 Å². The molecule has 0 amide bonds. The van der Waals surface area contributed by atoms with E-state index in [1.807, 2.05) is 0 Å². The molecule has 6 rings (SSSR count). The van der Waals surface area contributed by atoms with Gasteiger partial charge in [-0.25, -0.2) is 4.79 Å². The Morgan fingerprint density at radius 3 is 2.59 bits per heavy atom. The SMILES string of the molecule is COC(=O)C1C2C3CC[C@@]4(CC(O)C(=O)O4)[C@@]3(C)C[C@H]3O[C@@]23[C@@]2(C)CCC(=O)C=C2[C@@H]1O. The van der Waals surface area contributed by atoms with E-state index in [0.29, 0.717) is 37.7 Å². The molecular weight excluding hydrogens is 416 g/mol. The van der Waals surface area contributed by atoms with Gasteiger partial charge in [-0.15, -0.1) is 0 Å². The summed E-state index contributed by atoms with van der Waals surface area (Å²) in [5.74, 6) is -2.40. The van der Waals surface area contributed by atoms with Crippen LogP contribution in [0, 0.1) is 28.6 Å². The molecule has 8 nitrogen and oxygen atoms in total. The summed E-state index contributed by atoms with van der Waals surface area (Å²) in [6.07, 6.45) is 2.23. The fraction of sp³-hybridized carbons (Fsp3) is 0.792. The second-order valence-corrected chi connectivity index (χ2v) is 11.2. The molecule has 174 valence electrons. The zero-order valence-corrected chi connectivity index (χ0v) is 18.6. The Morgan fingerprint density at radius 2 is 1.94 bits per heavy atom. The van der Waals surface area contributed by atoms with Crippen molar-refractivity contribution >= 4 is 17.7 Å². The van der Waals surface area contributed by atoms with Gasteiger partial charge in [0.1, 0.15) is 11.2 Å². The summed E-state index contributed by atoms with van der Waals surface area (Å²) in [5, 5.41) is 21.7. The lowest BCUT2D eigenvalue weighted by molar-refractivity contribution is -0.180. The van der Waals surface area contributed by atoms with E-state index in [4.69, 9.17) is 14.2 Å². The van der Waals surface area contributed by atoms with Crippen LogP contribution in [0.15, 0.2) is 11.6 Å². The third-order valence-electron chi connectivity index (χ3n) is 10.3. The van der Waals surface area contributed by atoms with Crippen LogP contribution in [0.5, 0.6) is 0 Å². The summed E-state index contributed by atoms with van der Waals surface area (Å²) in [4.78, 5) is 37.6. The number of methoxy groups -OCH3 is 1. The molecule has 32 heavy (non-hydrogen) atoms. The molecule has 4 unspecified atom stereocenters. The zero-order valence-electron chi connectivity index (χ0n) is 18.6. The molecule has 2 spiro atoms. The second-order valence-electron chi connectivity index (χ2n) is 11.2. The van der Waals surface area contributed by atoms with Gasteiger partial charge in [-0.05, 0) is 43.3 Å². The van der Waals surface area contributed by atoms with E-state index < -0.39 is 52.1 Å². The molecule has 3 saturated carbocycles. The van der Waals surface area contributed by atoms with Gasteiger partial charge >= 0.3 is 11.9 Å². The molecule has 4 aliphatic carbocycles. The van der Waals surface area contributed by atoms with Crippen molar-refractivity contribution in [1.82, 2.24) is 0 Å². The molecule has 0 aromatic heterocycles. The van der Waals surface area contributed by atoms with Crippen LogP contribution in [0.2, 0.25) is 0 Å². The second kappa shape index (κ2) is 6.02. The first-order valence-corrected chi connectivity index (χ1v) is 11.6. The van der Waals surface area contributed by atoms with Crippen molar-refractivity contribution in [2.45, 2.75) is 81.9 Å². The quantitative estimate of drug-likeness (QED) is 0.453. The minimum atomic E-state index is -1.14. The molecule has 0 aromatic carbocycles. The van der Waals surface area contributed by atoms with Crippen LogP contribution < -0.4 is 0 Å². The molecule has 0 aromatic rings. The first-order chi connectivity index (χ1) is 15.0. The smallest absolute Gasteiger partial charge is 0.335 e. The van der Waals surface area contributed by atoms with Crippen molar-refractivity contribution in [1.29, 1.82) is 0 Å². The summed E-state index contributed by atoms with van der Waals surface area (Å²) in [6.45, 7) is 4.14. The van der Waals surface area contributed by atoms with Gasteiger partial charge in [0.05, 0.1) is 25.2 Å². The Morgan fingerprint density at radius 1 is 1.19 bits per heavy atom. The van der Waals surface area contributed by atoms with Crippen LogP contribution >= 0.6 is 0 Å². The average Bonchev–Trinajstić information content (AvgIpc) is 3.31. The first-order valence-electron chi connectivity index (χ1n) is 11.6. The molecule has 2 saturated heterocycles. The van der Waals surface area contributed by atoms with Crippen LogP contribution in [0.25, 0.3) is 0 Å². The predicted octanol–water partition coefficient (Wildman–Crippen LogP) is 1.07. The number of ether oxygens (including phenoxy) is 3. The number of hydrogen-bond donors (Lipinski definition) is 2. The minimum absolute atomic E-state index is 0.0421. The number of carbonyl (C=O) groups excluding carboxylic acids is 3. The van der Waals surface area contributed by atoms with E-state index >= 15 is 0 Å². The van der Waals surface area contributed by atoms with Gasteiger partial charge in [-0.3, -0.25) is 9.59 Å². The number of esters is 2. The number of aliphatic hydroxyl groups is 2. The molecule has 2 aliphatic heterocycles. The highest BCUT2D eigenvalue weighted by molar-refractivity contribution is 5.92. The fourth-order valence-electron chi connectivity index (χ4n) is 8.74. The monoisotopic (exact) mass is 446 g/mol. The molecular formula is C24H30O8. The van der Waals surface area contributed by atoms with Crippen LogP contribution in [0.4, 0.5) is 0 Å². The number of rotatable bonds is 1. The zero-order chi connectivity index (χ0) is 22.8. The fourth-order valence-corrected chi connectivity index (χ4v) is 8.74. The van der Waals surface area contributed by atoms with Gasteiger partial charge in [-0.1, -0.05) is 13.8 Å². The summed E-state index contributed by atoms with van der Waals surface area (Å²) in [6, 6.07) is 0. The lowest BCUT2D eigenvalue weighted by atomic mass is 9.43. The van der Waals surface area contributed by atoms with Gasteiger partial charge in [0.25, 0.3) is 0 Å². The van der Waals surface area contributed by atoms with E-state index in [9.17, 15) is 24.6 Å². The molecule has 0 bridgehead atoms. The number of epoxide rings is 1. The van der Waals surface area contributed by atoms with Crippen LogP contribution in [-0.4, -0.2) is 64.6 Å². The highest BCUT2D eigenvalue weighted by atomic mass is 16.6. The topological polar surface area (TPSA) is 123 Å². The van der Waals surface area contributed by atoms with Crippen molar-refractivity contribution in [3.63, 3.8) is 0 Å². The third-order valence-corrected chi connectivity index (χ3v) is 10.3. The average molecular weight is 446 g/mol. The number of ketones is 1. The van der Waals surface area contributed by atoms with E-state index in [1.165, 1.54) is 13.2 Å². The Kier molecular flexibility index (Phi) is 3.91. The van der Waals surface area contributed by atoms with Crippen molar-refractivity contribution in [3.8, 4) is 0 Å². The predicted molar refractivity (Wildman–Crippen MR) is 108 cm³/mol. The largest absolute Gasteiger partial charge is 0.469 e. The Bertz CT molecular complexity index is 973. The van der Waals surface area contributed by atoms with E-state index in [-0.39, 0.29) is 30.1 Å². The van der Waals surface area contributed by atoms with Crippen LogP contribution in [0.3, 0.4) is 0 Å². The van der Waals surface area contributed by atoms with Crippen LogP contribution in [-0.2, 0) is 28.6 Å². The Labute approximate surface area is 186 Å². The van der Waals surface area contributed by atoms with Crippen molar-refractivity contribution < 1.29 is 38.8 Å². The normalized spacial score (nSPS) is 55.3. The first kappa shape index (κ1) is 20.8. The maximum Gasteiger partial charge on any atom is 0.335 e. The third kappa shape index (κ3) is 2.08. The van der Waals surface area contributed by atoms with Gasteiger partial charge in [0.2, 0.25) is 0 Å². The van der Waals surface area contributed by atoms with Gasteiger partial charge < -0.3 is 24.4 Å². The maximum atomic E-state index is 13.1. The van der Waals surface area contributed by atoms with E-state index in [0.717, 1.165) is 0 Å². The highest BCUT2D eigenvalue weighted by Gasteiger charge is 2.85. The summed E-state index contributed by atoms with van der Waals surface area (Å²) in [5.41, 5.74) is -1.92. The van der Waals surface area contributed by atoms with Gasteiger partial charge in [-0.2, -0.15) is 0 Å². The summed E-state index contributed by atoms with van der Waals surface area (Å²) >= 11 is 0. The van der Waals surface area contributed by atoms with E-state index in [1.54, 1.807) is 0 Å². The van der Waals surface area contributed by atoms with Crippen molar-refractivity contribution in [2.24, 2.45) is 28.6 Å². The number of aliphatic hydroxyl groups excluding tert-OH is 2. The molecule has 2 N–H and O–H groups in total. The summed E-state index contributed by atoms with van der Waals surface area (Å²) < 4.78 is 17.5.